The Morgan fingerprint density at radius 2 is 1.87 bits per heavy atom. The lowest BCUT2D eigenvalue weighted by atomic mass is 9.84. The van der Waals surface area contributed by atoms with Crippen molar-refractivity contribution < 1.29 is 19.0 Å². The lowest BCUT2D eigenvalue weighted by Crippen LogP contribution is -2.12. The number of rotatable bonds is 1. The number of ether oxygens (including phenoxy) is 3. The van der Waals surface area contributed by atoms with Gasteiger partial charge in [-0.25, -0.2) is 0 Å². The van der Waals surface area contributed by atoms with Gasteiger partial charge in [0.15, 0.2) is 17.3 Å². The first-order valence-corrected chi connectivity index (χ1v) is 7.23. The van der Waals surface area contributed by atoms with Gasteiger partial charge in [0.25, 0.3) is 0 Å². The Hall–Kier alpha value is -3.08. The van der Waals surface area contributed by atoms with Crippen LogP contribution in [-0.2, 0) is 0 Å². The smallest absolute Gasteiger partial charge is 0.231 e. The molecule has 5 heteroatoms. The van der Waals surface area contributed by atoms with Crippen molar-refractivity contribution in [1.29, 1.82) is 0 Å². The maximum Gasteiger partial charge on any atom is 0.231 e. The summed E-state index contributed by atoms with van der Waals surface area (Å²) in [6, 6.07) is 9.32. The predicted octanol–water partition coefficient (Wildman–Crippen LogP) is 3.18. The third-order valence-corrected chi connectivity index (χ3v) is 4.35. The van der Waals surface area contributed by atoms with Gasteiger partial charge in [-0.3, -0.25) is 9.78 Å². The number of aromatic nitrogens is 1. The van der Waals surface area contributed by atoms with Crippen molar-refractivity contribution in [2.24, 2.45) is 0 Å². The van der Waals surface area contributed by atoms with Crippen LogP contribution in [0.25, 0.3) is 22.0 Å². The van der Waals surface area contributed by atoms with Gasteiger partial charge in [0, 0.05) is 28.1 Å². The summed E-state index contributed by atoms with van der Waals surface area (Å²) in [4.78, 5) is 17.6. The molecular weight excluding hydrogens is 294 g/mol. The summed E-state index contributed by atoms with van der Waals surface area (Å²) in [6.45, 7) is 0.0761. The van der Waals surface area contributed by atoms with E-state index in [1.807, 2.05) is 30.3 Å². The van der Waals surface area contributed by atoms with E-state index >= 15 is 0 Å². The van der Waals surface area contributed by atoms with Crippen LogP contribution in [-0.4, -0.2) is 24.7 Å². The molecule has 0 fully saturated rings. The van der Waals surface area contributed by atoms with Crippen LogP contribution in [0, 0.1) is 0 Å². The van der Waals surface area contributed by atoms with E-state index in [0.29, 0.717) is 28.4 Å². The van der Waals surface area contributed by atoms with Crippen molar-refractivity contribution in [3.8, 4) is 28.5 Å². The van der Waals surface area contributed by atoms with Gasteiger partial charge in [0.2, 0.25) is 12.5 Å². The second-order valence-electron chi connectivity index (χ2n) is 5.43. The summed E-state index contributed by atoms with van der Waals surface area (Å²) in [5.41, 5.74) is 2.73. The molecule has 2 heterocycles. The minimum atomic E-state index is -0.0736. The van der Waals surface area contributed by atoms with Gasteiger partial charge in [-0.05, 0) is 6.07 Å². The Morgan fingerprint density at radius 3 is 2.70 bits per heavy atom. The Bertz CT molecular complexity index is 1010. The second kappa shape index (κ2) is 4.23. The molecule has 0 atom stereocenters. The van der Waals surface area contributed by atoms with E-state index < -0.39 is 0 Å². The van der Waals surface area contributed by atoms with Gasteiger partial charge in [-0.15, -0.1) is 0 Å². The normalized spacial score (nSPS) is 14.0. The molecule has 2 aromatic carbocycles. The predicted molar refractivity (Wildman–Crippen MR) is 83.3 cm³/mol. The fourth-order valence-corrected chi connectivity index (χ4v) is 3.42. The topological polar surface area (TPSA) is 57.7 Å². The Balaban J connectivity index is 2.05. The number of ketones is 1. The molecule has 3 aromatic rings. The summed E-state index contributed by atoms with van der Waals surface area (Å²) >= 11 is 0. The van der Waals surface area contributed by atoms with E-state index in [4.69, 9.17) is 14.2 Å². The molecule has 0 saturated carbocycles. The SMILES string of the molecule is COc1c2c(c3c4c(nccc14)-c1ccccc1C3=O)OCO2. The molecule has 0 saturated heterocycles. The van der Waals surface area contributed by atoms with Crippen LogP contribution in [0.15, 0.2) is 36.5 Å². The first-order valence-electron chi connectivity index (χ1n) is 7.23. The zero-order valence-electron chi connectivity index (χ0n) is 12.3. The molecular formula is C18H11NO4. The van der Waals surface area contributed by atoms with Crippen molar-refractivity contribution in [3.63, 3.8) is 0 Å². The molecule has 5 rings (SSSR count). The van der Waals surface area contributed by atoms with Crippen LogP contribution in [0.1, 0.15) is 15.9 Å². The fourth-order valence-electron chi connectivity index (χ4n) is 3.42. The molecule has 1 aliphatic heterocycles. The first-order chi connectivity index (χ1) is 11.3. The van der Waals surface area contributed by atoms with E-state index in [-0.39, 0.29) is 12.6 Å². The van der Waals surface area contributed by atoms with Crippen molar-refractivity contribution in [2.45, 2.75) is 0 Å². The summed E-state index contributed by atoms with van der Waals surface area (Å²) in [5, 5.41) is 1.57. The highest BCUT2D eigenvalue weighted by Crippen LogP contribution is 2.53. The molecule has 0 spiro atoms. The van der Waals surface area contributed by atoms with E-state index in [0.717, 1.165) is 22.0 Å². The van der Waals surface area contributed by atoms with Crippen molar-refractivity contribution >= 4 is 16.6 Å². The molecule has 23 heavy (non-hydrogen) atoms. The molecule has 0 radical (unpaired) electrons. The van der Waals surface area contributed by atoms with Gasteiger partial charge in [0.05, 0.1) is 18.4 Å². The second-order valence-corrected chi connectivity index (χ2v) is 5.43. The number of fused-ring (bicyclic) bond motifs is 4. The Morgan fingerprint density at radius 1 is 1.09 bits per heavy atom. The molecule has 0 amide bonds. The largest absolute Gasteiger partial charge is 0.492 e. The molecule has 112 valence electrons. The van der Waals surface area contributed by atoms with Crippen LogP contribution in [0.2, 0.25) is 0 Å². The van der Waals surface area contributed by atoms with E-state index in [1.165, 1.54) is 0 Å². The van der Waals surface area contributed by atoms with Crippen molar-refractivity contribution in [1.82, 2.24) is 4.98 Å². The summed E-state index contributed by atoms with van der Waals surface area (Å²) < 4.78 is 16.7. The third kappa shape index (κ3) is 1.41. The molecule has 1 aliphatic carbocycles. The zero-order chi connectivity index (χ0) is 15.6. The lowest BCUT2D eigenvalue weighted by molar-refractivity contribution is 0.103. The number of benzene rings is 2. The van der Waals surface area contributed by atoms with Crippen molar-refractivity contribution in [3.05, 3.63) is 47.7 Å². The Kier molecular flexibility index (Phi) is 2.29. The first kappa shape index (κ1) is 12.5. The Labute approximate surface area is 131 Å². The minimum absolute atomic E-state index is 0.0736. The van der Waals surface area contributed by atoms with Crippen LogP contribution in [0.5, 0.6) is 17.2 Å². The number of pyridine rings is 1. The van der Waals surface area contributed by atoms with Crippen LogP contribution in [0.3, 0.4) is 0 Å². The van der Waals surface area contributed by atoms with Crippen molar-refractivity contribution in [2.75, 3.05) is 13.9 Å². The number of carbonyl (C=O) groups is 1. The summed E-state index contributed by atoms with van der Waals surface area (Å²) in [7, 11) is 1.58. The van der Waals surface area contributed by atoms with Crippen LogP contribution in [0.4, 0.5) is 0 Å². The molecule has 5 nitrogen and oxygen atoms in total. The monoisotopic (exact) mass is 305 g/mol. The van der Waals surface area contributed by atoms with E-state index in [2.05, 4.69) is 4.98 Å². The standard InChI is InChI=1S/C18H11NO4/c1-21-16-11-6-7-19-14-9-4-2-3-5-10(9)15(20)13(12(11)14)17-18(16)23-8-22-17/h2-7H,8H2,1H3. The highest BCUT2D eigenvalue weighted by molar-refractivity contribution is 6.28. The number of carbonyl (C=O) groups excluding carboxylic acids is 1. The van der Waals surface area contributed by atoms with Gasteiger partial charge in [0.1, 0.15) is 0 Å². The van der Waals surface area contributed by atoms with Gasteiger partial charge in [-0.2, -0.15) is 0 Å². The highest BCUT2D eigenvalue weighted by Gasteiger charge is 2.36. The van der Waals surface area contributed by atoms with E-state index in [9.17, 15) is 4.79 Å². The molecule has 0 unspecified atom stereocenters. The molecule has 0 N–H and O–H groups in total. The highest BCUT2D eigenvalue weighted by atomic mass is 16.7. The van der Waals surface area contributed by atoms with Crippen LogP contribution < -0.4 is 14.2 Å². The summed E-state index contributed by atoms with van der Waals surface area (Å²) in [5.74, 6) is 1.44. The fraction of sp³-hybridized carbons (Fsp3) is 0.111. The molecule has 2 aliphatic rings. The number of hydrogen-bond acceptors (Lipinski definition) is 5. The summed E-state index contributed by atoms with van der Waals surface area (Å²) in [6.07, 6.45) is 1.72. The molecule has 0 bridgehead atoms. The number of methoxy groups -OCH3 is 1. The number of nitrogens with zero attached hydrogens (tertiary/aromatic N) is 1. The van der Waals surface area contributed by atoms with E-state index in [1.54, 1.807) is 13.3 Å². The zero-order valence-corrected chi connectivity index (χ0v) is 12.3. The maximum absolute atomic E-state index is 13.0. The molecule has 1 aromatic heterocycles. The maximum atomic E-state index is 13.0. The number of hydrogen-bond donors (Lipinski definition) is 0. The lowest BCUT2D eigenvalue weighted by Gasteiger charge is -2.21. The average Bonchev–Trinajstić information content (AvgIpc) is 3.07. The van der Waals surface area contributed by atoms with Crippen LogP contribution >= 0.6 is 0 Å². The quantitative estimate of drug-likeness (QED) is 0.540. The van der Waals surface area contributed by atoms with Gasteiger partial charge < -0.3 is 14.2 Å². The minimum Gasteiger partial charge on any atom is -0.492 e. The van der Waals surface area contributed by atoms with Gasteiger partial charge in [-0.1, -0.05) is 24.3 Å². The van der Waals surface area contributed by atoms with Gasteiger partial charge >= 0.3 is 0 Å². The third-order valence-electron chi connectivity index (χ3n) is 4.35. The average molecular weight is 305 g/mol.